The molecule has 0 aliphatic rings. The molecule has 1 N–H and O–H groups in total. The van der Waals surface area contributed by atoms with E-state index in [1.165, 1.54) is 0 Å². The van der Waals surface area contributed by atoms with E-state index in [0.29, 0.717) is 6.61 Å². The first-order valence-electron chi connectivity index (χ1n) is 6.81. The van der Waals surface area contributed by atoms with Gasteiger partial charge in [0.2, 0.25) is 0 Å². The van der Waals surface area contributed by atoms with Crippen molar-refractivity contribution in [3.05, 3.63) is 30.3 Å². The molecular weight excluding hydrogens is 319 g/mol. The molecule has 3 nitrogen and oxygen atoms in total. The second-order valence-corrected chi connectivity index (χ2v) is 9.21. The number of carbonyl (C=O) groups is 1. The van der Waals surface area contributed by atoms with E-state index < -0.39 is 10.4 Å². The van der Waals surface area contributed by atoms with Crippen molar-refractivity contribution in [2.45, 2.75) is 45.0 Å². The van der Waals surface area contributed by atoms with Gasteiger partial charge in [-0.3, -0.25) is 0 Å². The van der Waals surface area contributed by atoms with Crippen molar-refractivity contribution < 1.29 is 14.6 Å². The van der Waals surface area contributed by atoms with Crippen LogP contribution in [0.4, 0.5) is 0 Å². The Morgan fingerprint density at radius 3 is 2.25 bits per heavy atom. The van der Waals surface area contributed by atoms with Crippen LogP contribution in [-0.2, 0) is 9.53 Å². The molecule has 0 aromatic heterocycles. The Hall–Kier alpha value is -0.831. The third-order valence-electron chi connectivity index (χ3n) is 3.10. The van der Waals surface area contributed by atoms with E-state index in [1.807, 2.05) is 58.0 Å². The van der Waals surface area contributed by atoms with Gasteiger partial charge >= 0.3 is 127 Å². The van der Waals surface area contributed by atoms with Crippen molar-refractivity contribution in [3.8, 4) is 0 Å². The minimum atomic E-state index is -0.886. The average molecular weight is 343 g/mol. The summed E-state index contributed by atoms with van der Waals surface area (Å²) in [5.41, 5.74) is -0.377. The zero-order valence-electron chi connectivity index (χ0n) is 12.8. The molecule has 1 rings (SSSR count). The van der Waals surface area contributed by atoms with Crippen molar-refractivity contribution in [1.82, 2.24) is 0 Å². The summed E-state index contributed by atoms with van der Waals surface area (Å²) in [4.78, 5) is 12.4. The molecule has 2 atom stereocenters. The van der Waals surface area contributed by atoms with Gasteiger partial charge in [0.1, 0.15) is 0 Å². The summed E-state index contributed by atoms with van der Waals surface area (Å²) in [5.74, 6) is -0.314. The number of rotatable bonds is 5. The van der Waals surface area contributed by atoms with Crippen LogP contribution in [0.2, 0.25) is 4.31 Å². The molecule has 112 valence electrons. The molecule has 0 saturated heterocycles. The summed E-state index contributed by atoms with van der Waals surface area (Å²) >= 11 is -0.201. The van der Waals surface area contributed by atoms with Crippen molar-refractivity contribution in [2.24, 2.45) is 5.41 Å². The average Bonchev–Trinajstić information content (AvgIpc) is 2.38. The number of hydrogen-bond acceptors (Lipinski definition) is 3. The summed E-state index contributed by atoms with van der Waals surface area (Å²) in [5, 5.41) is 10.7. The molecule has 0 amide bonds. The van der Waals surface area contributed by atoms with Crippen LogP contribution in [0.3, 0.4) is 0 Å². The van der Waals surface area contributed by atoms with Gasteiger partial charge in [-0.15, -0.1) is 0 Å². The van der Waals surface area contributed by atoms with Crippen molar-refractivity contribution >= 4 is 25.4 Å². The van der Waals surface area contributed by atoms with Crippen LogP contribution in [0, 0.1) is 5.41 Å². The van der Waals surface area contributed by atoms with Gasteiger partial charge in [0.25, 0.3) is 0 Å². The topological polar surface area (TPSA) is 46.5 Å². The van der Waals surface area contributed by atoms with Crippen molar-refractivity contribution in [1.29, 1.82) is 0 Å². The molecule has 0 radical (unpaired) electrons. The number of benzene rings is 1. The number of hydrogen-bond donors (Lipinski definition) is 1. The van der Waals surface area contributed by atoms with Crippen LogP contribution >= 0.6 is 0 Å². The molecule has 20 heavy (non-hydrogen) atoms. The van der Waals surface area contributed by atoms with Crippen LogP contribution in [0.15, 0.2) is 30.3 Å². The molecule has 0 spiro atoms. The van der Waals surface area contributed by atoms with Gasteiger partial charge in [0.05, 0.1) is 0 Å². The molecule has 4 heteroatoms. The molecule has 0 fully saturated rings. The number of ether oxygens (including phenoxy) is 1. The first-order chi connectivity index (χ1) is 9.21. The molecule has 0 bridgehead atoms. The third kappa shape index (κ3) is 4.08. The molecule has 0 aliphatic heterocycles. The summed E-state index contributed by atoms with van der Waals surface area (Å²) in [6, 6.07) is 9.83. The van der Waals surface area contributed by atoms with E-state index in [1.54, 1.807) is 6.92 Å². The maximum atomic E-state index is 12.4. The van der Waals surface area contributed by atoms with Crippen molar-refractivity contribution in [2.75, 3.05) is 6.61 Å². The zero-order valence-corrected chi connectivity index (χ0v) is 14.6. The molecule has 0 saturated carbocycles. The molecule has 0 unspecified atom stereocenters. The minimum absolute atomic E-state index is 0.201. The van der Waals surface area contributed by atoms with Crippen LogP contribution in [0.5, 0.6) is 0 Å². The van der Waals surface area contributed by atoms with Crippen LogP contribution in [-0.4, -0.2) is 38.7 Å². The quantitative estimate of drug-likeness (QED) is 0.658. The van der Waals surface area contributed by atoms with E-state index in [0.717, 1.165) is 4.46 Å². The van der Waals surface area contributed by atoms with Gasteiger partial charge < -0.3 is 0 Å². The van der Waals surface area contributed by atoms with Gasteiger partial charge in [-0.25, -0.2) is 0 Å². The molecule has 0 heterocycles. The second-order valence-electron chi connectivity index (χ2n) is 6.01. The number of aliphatic hydroxyl groups is 1. The van der Waals surface area contributed by atoms with Gasteiger partial charge in [-0.2, -0.15) is 0 Å². The predicted octanol–water partition coefficient (Wildman–Crippen LogP) is 2.16. The summed E-state index contributed by atoms with van der Waals surface area (Å²) in [6.07, 6.45) is -0.755. The van der Waals surface area contributed by atoms with Gasteiger partial charge in [0, 0.05) is 0 Å². The second kappa shape index (κ2) is 6.75. The molecule has 1 aromatic rings. The van der Waals surface area contributed by atoms with Gasteiger partial charge in [-0.05, 0) is 0 Å². The first kappa shape index (κ1) is 17.2. The van der Waals surface area contributed by atoms with E-state index in [2.05, 4.69) is 0 Å². The third-order valence-corrected chi connectivity index (χ3v) is 5.87. The Labute approximate surface area is 127 Å². The van der Waals surface area contributed by atoms with Crippen LogP contribution in [0.1, 0.15) is 34.6 Å². The van der Waals surface area contributed by atoms with E-state index in [4.69, 9.17) is 4.74 Å². The number of aliphatic hydroxyl groups excluding tert-OH is 1. The fourth-order valence-corrected chi connectivity index (χ4v) is 4.96. The Morgan fingerprint density at radius 1 is 1.25 bits per heavy atom. The molecule has 1 aromatic carbocycles. The summed E-state index contributed by atoms with van der Waals surface area (Å²) in [7, 11) is 0. The standard InChI is InChI=1S/C16H24O3Se/c1-6-19-14(18)16(5,13(17)15(2,3)4)20-12-10-8-7-9-11-12/h7-11,13,17H,6H2,1-5H3/t13-,16-/m0/s1. The van der Waals surface area contributed by atoms with Crippen LogP contribution < -0.4 is 4.46 Å². The maximum absolute atomic E-state index is 12.4. The van der Waals surface area contributed by atoms with E-state index in [9.17, 15) is 9.90 Å². The number of esters is 1. The number of carbonyl (C=O) groups excluding carboxylic acids is 1. The Bertz CT molecular complexity index is 439. The SMILES string of the molecule is CCOC(=O)[C@@](C)([Se]c1ccccc1)[C@@H](O)C(C)(C)C. The zero-order chi connectivity index (χ0) is 15.4. The summed E-state index contributed by atoms with van der Waals surface area (Å²) in [6.45, 7) is 9.75. The predicted molar refractivity (Wildman–Crippen MR) is 82.3 cm³/mol. The monoisotopic (exact) mass is 344 g/mol. The molecule has 0 aliphatic carbocycles. The normalized spacial score (nSPS) is 16.3. The van der Waals surface area contributed by atoms with E-state index >= 15 is 0 Å². The fraction of sp³-hybridized carbons (Fsp3) is 0.562. The Morgan fingerprint density at radius 2 is 1.80 bits per heavy atom. The Balaban J connectivity index is 3.10. The Kier molecular flexibility index (Phi) is 5.81. The van der Waals surface area contributed by atoms with E-state index in [-0.39, 0.29) is 26.3 Å². The molecular formula is C16H24O3Se. The van der Waals surface area contributed by atoms with Gasteiger partial charge in [0.15, 0.2) is 0 Å². The first-order valence-corrected chi connectivity index (χ1v) is 8.52. The van der Waals surface area contributed by atoms with Crippen LogP contribution in [0.25, 0.3) is 0 Å². The van der Waals surface area contributed by atoms with Crippen molar-refractivity contribution in [3.63, 3.8) is 0 Å². The van der Waals surface area contributed by atoms with Gasteiger partial charge in [-0.1, -0.05) is 0 Å². The fourth-order valence-electron chi connectivity index (χ4n) is 2.04. The summed E-state index contributed by atoms with van der Waals surface area (Å²) < 4.78 is 5.41.